The largest absolute Gasteiger partial charge is 0.496 e. The van der Waals surface area contributed by atoms with Gasteiger partial charge in [0.05, 0.1) is 13.5 Å². The van der Waals surface area contributed by atoms with Crippen LogP contribution in [0.15, 0.2) is 18.2 Å². The summed E-state index contributed by atoms with van der Waals surface area (Å²) in [6, 6.07) is 5.04. The lowest BCUT2D eigenvalue weighted by molar-refractivity contribution is -0.137. The fraction of sp³-hybridized carbons (Fsp3) is 0.273. The van der Waals surface area contributed by atoms with E-state index in [0.29, 0.717) is 16.3 Å². The van der Waals surface area contributed by atoms with Gasteiger partial charge in [0, 0.05) is 10.6 Å². The van der Waals surface area contributed by atoms with Crippen LogP contribution in [-0.2, 0) is 16.0 Å². The summed E-state index contributed by atoms with van der Waals surface area (Å²) in [4.78, 5) is 21.7. The molecular formula is C11H12ClNO4. The molecule has 2 N–H and O–H groups in total. The minimum Gasteiger partial charge on any atom is -0.496 e. The fourth-order valence-corrected chi connectivity index (χ4v) is 1.53. The second kappa shape index (κ2) is 6.10. The molecule has 17 heavy (non-hydrogen) atoms. The third-order valence-electron chi connectivity index (χ3n) is 2.07. The smallest absolute Gasteiger partial charge is 0.322 e. The van der Waals surface area contributed by atoms with Crippen molar-refractivity contribution >= 4 is 23.5 Å². The topological polar surface area (TPSA) is 75.6 Å². The lowest BCUT2D eigenvalue weighted by Gasteiger charge is -2.09. The monoisotopic (exact) mass is 257 g/mol. The summed E-state index contributed by atoms with van der Waals surface area (Å²) in [7, 11) is 1.48. The molecule has 0 aliphatic rings. The van der Waals surface area contributed by atoms with Crippen molar-refractivity contribution in [3.8, 4) is 5.75 Å². The first kappa shape index (κ1) is 13.3. The molecule has 6 heteroatoms. The summed E-state index contributed by atoms with van der Waals surface area (Å²) in [5.41, 5.74) is 0.541. The van der Waals surface area contributed by atoms with Gasteiger partial charge in [-0.25, -0.2) is 0 Å². The Bertz CT molecular complexity index is 433. The Morgan fingerprint density at radius 2 is 2.18 bits per heavy atom. The van der Waals surface area contributed by atoms with Crippen LogP contribution in [0.3, 0.4) is 0 Å². The van der Waals surface area contributed by atoms with Crippen LogP contribution in [0.5, 0.6) is 5.75 Å². The van der Waals surface area contributed by atoms with Gasteiger partial charge in [-0.15, -0.1) is 0 Å². The maximum atomic E-state index is 11.4. The standard InChI is InChI=1S/C11H12ClNO4/c1-17-9-4-2-3-8(12)7(9)5-10(14)13-6-11(15)16/h2-4H,5-6H2,1H3,(H,13,14)(H,15,16). The number of carboxylic acids is 1. The highest BCUT2D eigenvalue weighted by Crippen LogP contribution is 2.26. The minimum atomic E-state index is -1.09. The van der Waals surface area contributed by atoms with Crippen LogP contribution in [-0.4, -0.2) is 30.6 Å². The Morgan fingerprint density at radius 3 is 2.76 bits per heavy atom. The highest BCUT2D eigenvalue weighted by atomic mass is 35.5. The van der Waals surface area contributed by atoms with Crippen molar-refractivity contribution in [2.24, 2.45) is 0 Å². The van der Waals surface area contributed by atoms with Gasteiger partial charge in [0.2, 0.25) is 5.91 Å². The van der Waals surface area contributed by atoms with Gasteiger partial charge in [-0.2, -0.15) is 0 Å². The molecule has 0 aliphatic heterocycles. The van der Waals surface area contributed by atoms with Gasteiger partial charge in [0.25, 0.3) is 0 Å². The number of carbonyl (C=O) groups is 2. The van der Waals surface area contributed by atoms with Crippen LogP contribution in [0.2, 0.25) is 5.02 Å². The van der Waals surface area contributed by atoms with Crippen LogP contribution in [0.4, 0.5) is 0 Å². The van der Waals surface area contributed by atoms with Gasteiger partial charge in [-0.05, 0) is 12.1 Å². The fourth-order valence-electron chi connectivity index (χ4n) is 1.30. The molecule has 0 atom stereocenters. The third-order valence-corrected chi connectivity index (χ3v) is 2.42. The van der Waals surface area contributed by atoms with Crippen molar-refractivity contribution in [1.29, 1.82) is 0 Å². The van der Waals surface area contributed by atoms with Crippen molar-refractivity contribution in [2.75, 3.05) is 13.7 Å². The number of benzene rings is 1. The lowest BCUT2D eigenvalue weighted by atomic mass is 10.1. The third kappa shape index (κ3) is 3.96. The number of carboxylic acid groups (broad SMARTS) is 1. The quantitative estimate of drug-likeness (QED) is 0.828. The Morgan fingerprint density at radius 1 is 1.47 bits per heavy atom. The van der Waals surface area contributed by atoms with Crippen LogP contribution in [0.25, 0.3) is 0 Å². The van der Waals surface area contributed by atoms with Crippen molar-refractivity contribution in [1.82, 2.24) is 5.32 Å². The van der Waals surface area contributed by atoms with E-state index in [1.54, 1.807) is 18.2 Å². The highest BCUT2D eigenvalue weighted by Gasteiger charge is 2.12. The maximum Gasteiger partial charge on any atom is 0.322 e. The van der Waals surface area contributed by atoms with Crippen LogP contribution < -0.4 is 10.1 Å². The predicted octanol–water partition coefficient (Wildman–Crippen LogP) is 1.09. The van der Waals surface area contributed by atoms with E-state index in [2.05, 4.69) is 5.32 Å². The Balaban J connectivity index is 2.73. The lowest BCUT2D eigenvalue weighted by Crippen LogP contribution is -2.30. The van der Waals surface area contributed by atoms with E-state index >= 15 is 0 Å². The molecule has 0 heterocycles. The minimum absolute atomic E-state index is 0.0177. The predicted molar refractivity (Wildman–Crippen MR) is 62.4 cm³/mol. The van der Waals surface area contributed by atoms with E-state index in [4.69, 9.17) is 21.4 Å². The van der Waals surface area contributed by atoms with Gasteiger partial charge in [-0.1, -0.05) is 17.7 Å². The van der Waals surface area contributed by atoms with Crippen molar-refractivity contribution in [2.45, 2.75) is 6.42 Å². The molecular weight excluding hydrogens is 246 g/mol. The molecule has 1 amide bonds. The maximum absolute atomic E-state index is 11.4. The molecule has 0 unspecified atom stereocenters. The van der Waals surface area contributed by atoms with E-state index in [1.165, 1.54) is 7.11 Å². The zero-order valence-electron chi connectivity index (χ0n) is 9.20. The summed E-state index contributed by atoms with van der Waals surface area (Å²) < 4.78 is 5.07. The number of rotatable bonds is 5. The van der Waals surface area contributed by atoms with E-state index in [-0.39, 0.29) is 6.42 Å². The van der Waals surface area contributed by atoms with Gasteiger partial charge in [0.1, 0.15) is 12.3 Å². The Labute approximate surface area is 103 Å². The highest BCUT2D eigenvalue weighted by molar-refractivity contribution is 6.31. The summed E-state index contributed by atoms with van der Waals surface area (Å²) in [6.07, 6.45) is -0.0177. The van der Waals surface area contributed by atoms with Crippen molar-refractivity contribution in [3.05, 3.63) is 28.8 Å². The molecule has 1 aromatic rings. The number of nitrogens with one attached hydrogen (secondary N) is 1. The number of hydrogen-bond acceptors (Lipinski definition) is 3. The number of amides is 1. The summed E-state index contributed by atoms with van der Waals surface area (Å²) >= 11 is 5.94. The molecule has 1 aromatic carbocycles. The van der Waals surface area contributed by atoms with E-state index in [9.17, 15) is 9.59 Å². The molecule has 0 aliphatic carbocycles. The molecule has 0 bridgehead atoms. The van der Waals surface area contributed by atoms with Gasteiger partial charge in [-0.3, -0.25) is 9.59 Å². The average molecular weight is 258 g/mol. The summed E-state index contributed by atoms with van der Waals surface area (Å²) in [5, 5.41) is 11.1. The van der Waals surface area contributed by atoms with E-state index < -0.39 is 18.4 Å². The number of hydrogen-bond donors (Lipinski definition) is 2. The van der Waals surface area contributed by atoms with Crippen molar-refractivity contribution in [3.63, 3.8) is 0 Å². The van der Waals surface area contributed by atoms with Gasteiger partial charge in [0.15, 0.2) is 0 Å². The van der Waals surface area contributed by atoms with Gasteiger partial charge >= 0.3 is 5.97 Å². The number of methoxy groups -OCH3 is 1. The summed E-state index contributed by atoms with van der Waals surface area (Å²) in [5.74, 6) is -1.01. The van der Waals surface area contributed by atoms with Crippen LogP contribution in [0, 0.1) is 0 Å². The zero-order chi connectivity index (χ0) is 12.8. The molecule has 92 valence electrons. The van der Waals surface area contributed by atoms with Crippen LogP contribution >= 0.6 is 11.6 Å². The Hall–Kier alpha value is -1.75. The molecule has 1 rings (SSSR count). The van der Waals surface area contributed by atoms with E-state index in [1.807, 2.05) is 0 Å². The SMILES string of the molecule is COc1cccc(Cl)c1CC(=O)NCC(=O)O. The summed E-state index contributed by atoms with van der Waals surface area (Å²) in [6.45, 7) is -0.411. The first-order chi connectivity index (χ1) is 8.04. The number of ether oxygens (including phenoxy) is 1. The second-order valence-corrected chi connectivity index (χ2v) is 3.68. The molecule has 0 aromatic heterocycles. The number of halogens is 1. The second-order valence-electron chi connectivity index (χ2n) is 3.27. The molecule has 0 saturated carbocycles. The number of carbonyl (C=O) groups excluding carboxylic acids is 1. The van der Waals surface area contributed by atoms with Crippen molar-refractivity contribution < 1.29 is 19.4 Å². The van der Waals surface area contributed by atoms with E-state index in [0.717, 1.165) is 0 Å². The molecule has 0 saturated heterocycles. The number of aliphatic carboxylic acids is 1. The first-order valence-corrected chi connectivity index (χ1v) is 5.22. The first-order valence-electron chi connectivity index (χ1n) is 4.84. The zero-order valence-corrected chi connectivity index (χ0v) is 9.95. The molecule has 0 spiro atoms. The van der Waals surface area contributed by atoms with Crippen LogP contribution in [0.1, 0.15) is 5.56 Å². The van der Waals surface area contributed by atoms with Gasteiger partial charge < -0.3 is 15.2 Å². The molecule has 0 radical (unpaired) electrons. The average Bonchev–Trinajstić information content (AvgIpc) is 2.29. The Kier molecular flexibility index (Phi) is 4.78. The normalized spacial score (nSPS) is 9.76. The molecule has 5 nitrogen and oxygen atoms in total. The molecule has 0 fully saturated rings.